The second-order valence-corrected chi connectivity index (χ2v) is 7.21. The monoisotopic (exact) mass is 407 g/mol. The van der Waals surface area contributed by atoms with Crippen molar-refractivity contribution in [2.24, 2.45) is 0 Å². The molecule has 1 saturated heterocycles. The lowest BCUT2D eigenvalue weighted by Gasteiger charge is -2.21. The Bertz CT molecular complexity index is 758. The van der Waals surface area contributed by atoms with Gasteiger partial charge < -0.3 is 5.32 Å². The number of carbonyl (C=O) groups excluding carboxylic acids is 4. The summed E-state index contributed by atoms with van der Waals surface area (Å²) in [6.07, 6.45) is 3.28. The van der Waals surface area contributed by atoms with E-state index in [1.807, 2.05) is 13.0 Å². The molecule has 1 heterocycles. The van der Waals surface area contributed by atoms with E-state index in [2.05, 4.69) is 21.2 Å². The van der Waals surface area contributed by atoms with E-state index in [0.717, 1.165) is 32.7 Å². The number of hydrogen-bond donors (Lipinski definition) is 1. The summed E-state index contributed by atoms with van der Waals surface area (Å²) in [5.74, 6) is -2.28. The van der Waals surface area contributed by atoms with Gasteiger partial charge in [0, 0.05) is 16.2 Å². The van der Waals surface area contributed by atoms with Crippen LogP contribution in [0.15, 0.2) is 22.7 Å². The van der Waals surface area contributed by atoms with Crippen LogP contribution in [0.5, 0.6) is 0 Å². The first-order valence-electron chi connectivity index (χ1n) is 8.13. The van der Waals surface area contributed by atoms with E-state index < -0.39 is 30.3 Å². The van der Waals surface area contributed by atoms with Crippen molar-refractivity contribution in [1.29, 1.82) is 0 Å². The van der Waals surface area contributed by atoms with E-state index in [9.17, 15) is 19.2 Å². The predicted molar refractivity (Wildman–Crippen MR) is 93.7 cm³/mol. The Hall–Kier alpha value is -2.22. The van der Waals surface area contributed by atoms with Gasteiger partial charge in [-0.1, -0.05) is 28.8 Å². The summed E-state index contributed by atoms with van der Waals surface area (Å²) in [5.41, 5.74) is 1.43. The summed E-state index contributed by atoms with van der Waals surface area (Å²) in [4.78, 5) is 50.6. The van der Waals surface area contributed by atoms with E-state index in [-0.39, 0.29) is 6.04 Å². The summed E-state index contributed by atoms with van der Waals surface area (Å²) in [6, 6.07) is 4.42. The third-order valence-corrected chi connectivity index (χ3v) is 5.03. The van der Waals surface area contributed by atoms with Crippen LogP contribution >= 0.6 is 15.9 Å². The highest BCUT2D eigenvalue weighted by Gasteiger charge is 2.48. The van der Waals surface area contributed by atoms with Gasteiger partial charge in [0.25, 0.3) is 0 Å². The number of imide groups is 2. The number of nitrogens with zero attached hydrogens (tertiary/aromatic N) is 2. The zero-order valence-electron chi connectivity index (χ0n) is 13.8. The number of rotatable bonds is 4. The fourth-order valence-corrected chi connectivity index (χ4v) is 3.72. The first-order chi connectivity index (χ1) is 11.9. The topological polar surface area (TPSA) is 86.8 Å². The Morgan fingerprint density at radius 1 is 1.20 bits per heavy atom. The normalized spacial score (nSPS) is 18.4. The minimum Gasteiger partial charge on any atom is -0.324 e. The molecule has 0 spiro atoms. The summed E-state index contributed by atoms with van der Waals surface area (Å²) in [6.45, 7) is 1.36. The van der Waals surface area contributed by atoms with Crippen LogP contribution in [0.2, 0.25) is 0 Å². The molecule has 0 bridgehead atoms. The number of carbonyl (C=O) groups is 4. The van der Waals surface area contributed by atoms with Gasteiger partial charge in [0.1, 0.15) is 6.54 Å². The average Bonchev–Trinajstić information content (AvgIpc) is 3.14. The molecule has 1 aliphatic heterocycles. The van der Waals surface area contributed by atoms with Crippen LogP contribution < -0.4 is 5.32 Å². The molecular weight excluding hydrogens is 390 g/mol. The maximum absolute atomic E-state index is 12.4. The first kappa shape index (κ1) is 17.6. The average molecular weight is 408 g/mol. The molecule has 132 valence electrons. The van der Waals surface area contributed by atoms with Crippen molar-refractivity contribution in [2.45, 2.75) is 38.6 Å². The Kier molecular flexibility index (Phi) is 4.89. The number of nitrogens with one attached hydrogen (secondary N) is 1. The van der Waals surface area contributed by atoms with E-state index >= 15 is 0 Å². The van der Waals surface area contributed by atoms with Crippen LogP contribution in [0.3, 0.4) is 0 Å². The molecule has 0 unspecified atom stereocenters. The van der Waals surface area contributed by atoms with Crippen molar-refractivity contribution >= 4 is 45.4 Å². The molecule has 1 aromatic carbocycles. The molecule has 5 amide bonds. The minimum atomic E-state index is -0.931. The van der Waals surface area contributed by atoms with Crippen LogP contribution in [0.4, 0.5) is 10.5 Å². The molecule has 0 radical (unpaired) electrons. The van der Waals surface area contributed by atoms with Crippen LogP contribution in [0.1, 0.15) is 31.2 Å². The van der Waals surface area contributed by atoms with Crippen molar-refractivity contribution in [2.75, 3.05) is 11.9 Å². The van der Waals surface area contributed by atoms with Gasteiger partial charge >= 0.3 is 17.8 Å². The highest BCUT2D eigenvalue weighted by Crippen LogP contribution is 2.27. The molecule has 0 aromatic heterocycles. The van der Waals surface area contributed by atoms with Gasteiger partial charge in [-0.05, 0) is 43.5 Å². The molecule has 1 aliphatic carbocycles. The summed E-state index contributed by atoms with van der Waals surface area (Å²) < 4.78 is 0.880. The number of aryl methyl sites for hydroxylation is 1. The predicted octanol–water partition coefficient (Wildman–Crippen LogP) is 2.43. The Balaban J connectivity index is 1.69. The maximum Gasteiger partial charge on any atom is 0.334 e. The van der Waals surface area contributed by atoms with E-state index in [1.165, 1.54) is 0 Å². The second kappa shape index (κ2) is 6.95. The quantitative estimate of drug-likeness (QED) is 0.613. The second-order valence-electron chi connectivity index (χ2n) is 6.29. The van der Waals surface area contributed by atoms with E-state index in [0.29, 0.717) is 18.5 Å². The number of hydrogen-bond acceptors (Lipinski definition) is 4. The Labute approximate surface area is 153 Å². The number of amides is 5. The maximum atomic E-state index is 12.4. The van der Waals surface area contributed by atoms with Crippen LogP contribution in [0, 0.1) is 6.92 Å². The van der Waals surface area contributed by atoms with Gasteiger partial charge in [-0.25, -0.2) is 9.69 Å². The summed E-state index contributed by atoms with van der Waals surface area (Å²) >= 11 is 3.34. The van der Waals surface area contributed by atoms with Crippen molar-refractivity contribution < 1.29 is 19.2 Å². The van der Waals surface area contributed by atoms with Crippen LogP contribution in [-0.2, 0) is 14.4 Å². The van der Waals surface area contributed by atoms with Gasteiger partial charge in [-0.3, -0.25) is 19.3 Å². The molecule has 2 fully saturated rings. The van der Waals surface area contributed by atoms with Gasteiger partial charge in [0.15, 0.2) is 0 Å². The summed E-state index contributed by atoms with van der Waals surface area (Å²) in [5, 5.41) is 2.67. The molecule has 1 saturated carbocycles. The van der Waals surface area contributed by atoms with Crippen LogP contribution in [0.25, 0.3) is 0 Å². The molecule has 1 aromatic rings. The van der Waals surface area contributed by atoms with E-state index in [1.54, 1.807) is 12.1 Å². The fourth-order valence-electron chi connectivity index (χ4n) is 3.25. The third-order valence-electron chi connectivity index (χ3n) is 4.54. The molecule has 25 heavy (non-hydrogen) atoms. The first-order valence-corrected chi connectivity index (χ1v) is 8.93. The van der Waals surface area contributed by atoms with Gasteiger partial charge in [0.05, 0.1) is 0 Å². The van der Waals surface area contributed by atoms with E-state index in [4.69, 9.17) is 0 Å². The number of urea groups is 1. The third kappa shape index (κ3) is 3.44. The van der Waals surface area contributed by atoms with Gasteiger partial charge in [-0.15, -0.1) is 0 Å². The van der Waals surface area contributed by atoms with Gasteiger partial charge in [-0.2, -0.15) is 0 Å². The molecule has 1 N–H and O–H groups in total. The highest BCUT2D eigenvalue weighted by atomic mass is 79.9. The lowest BCUT2D eigenvalue weighted by Crippen LogP contribution is -2.41. The number of halogens is 1. The minimum absolute atomic E-state index is 0.231. The zero-order valence-corrected chi connectivity index (χ0v) is 15.3. The summed E-state index contributed by atoms with van der Waals surface area (Å²) in [7, 11) is 0. The molecular formula is C17H18BrN3O4. The lowest BCUT2D eigenvalue weighted by molar-refractivity contribution is -0.144. The number of benzene rings is 1. The molecule has 0 atom stereocenters. The van der Waals surface area contributed by atoms with Gasteiger partial charge in [0.2, 0.25) is 5.91 Å². The highest BCUT2D eigenvalue weighted by molar-refractivity contribution is 9.10. The smallest absolute Gasteiger partial charge is 0.324 e. The molecule has 3 rings (SSSR count). The largest absolute Gasteiger partial charge is 0.334 e. The van der Waals surface area contributed by atoms with Crippen molar-refractivity contribution in [1.82, 2.24) is 9.80 Å². The molecule has 7 nitrogen and oxygen atoms in total. The standard InChI is InChI=1S/C17H18BrN3O4/c1-10-8-11(18)6-7-13(10)19-14(22)9-20-15(23)16(24)21(17(20)25)12-4-2-3-5-12/h6-8,12H,2-5,9H2,1H3,(H,19,22). The Morgan fingerprint density at radius 2 is 1.88 bits per heavy atom. The van der Waals surface area contributed by atoms with Crippen molar-refractivity contribution in [3.8, 4) is 0 Å². The number of anilines is 1. The van der Waals surface area contributed by atoms with Crippen molar-refractivity contribution in [3.63, 3.8) is 0 Å². The van der Waals surface area contributed by atoms with Crippen molar-refractivity contribution in [3.05, 3.63) is 28.2 Å². The lowest BCUT2D eigenvalue weighted by atomic mass is 10.2. The SMILES string of the molecule is Cc1cc(Br)ccc1NC(=O)CN1C(=O)C(=O)N(C2CCCC2)C1=O. The fraction of sp³-hybridized carbons (Fsp3) is 0.412. The Morgan fingerprint density at radius 3 is 2.52 bits per heavy atom. The molecule has 8 heteroatoms. The van der Waals surface area contributed by atoms with Crippen LogP contribution in [-0.4, -0.2) is 46.1 Å². The molecule has 2 aliphatic rings. The zero-order chi connectivity index (χ0) is 18.1.